The molecule has 1 heterocycles. The first-order valence-corrected chi connectivity index (χ1v) is 6.61. The van der Waals surface area contributed by atoms with Crippen LogP contribution in [-0.2, 0) is 4.74 Å². The Kier molecular flexibility index (Phi) is 4.00. The number of hydrogen-bond donors (Lipinski definition) is 0. The van der Waals surface area contributed by atoms with E-state index in [4.69, 9.17) is 4.74 Å². The van der Waals surface area contributed by atoms with Crippen molar-refractivity contribution >= 4 is 0 Å². The van der Waals surface area contributed by atoms with E-state index in [-0.39, 0.29) is 0 Å². The normalized spacial score (nSPS) is 23.4. The third-order valence-electron chi connectivity index (χ3n) is 3.46. The van der Waals surface area contributed by atoms with E-state index in [2.05, 4.69) is 38.1 Å². The molecule has 0 saturated heterocycles. The van der Waals surface area contributed by atoms with Gasteiger partial charge in [0, 0.05) is 0 Å². The van der Waals surface area contributed by atoms with Gasteiger partial charge in [-0.2, -0.15) is 0 Å². The molecule has 1 aromatic rings. The molecule has 2 atom stereocenters. The van der Waals surface area contributed by atoms with E-state index >= 15 is 0 Å². The highest BCUT2D eigenvalue weighted by Crippen LogP contribution is 2.42. The first-order chi connectivity index (χ1) is 7.86. The molecule has 0 bridgehead atoms. The third-order valence-corrected chi connectivity index (χ3v) is 3.46. The van der Waals surface area contributed by atoms with Crippen molar-refractivity contribution < 1.29 is 4.74 Å². The topological polar surface area (TPSA) is 9.23 Å². The Bertz CT molecular complexity index is 332. The Balaban J connectivity index is 2.07. The summed E-state index contributed by atoms with van der Waals surface area (Å²) in [7, 11) is 0. The molecule has 0 unspecified atom stereocenters. The summed E-state index contributed by atoms with van der Waals surface area (Å²) in [5.74, 6) is 0. The van der Waals surface area contributed by atoms with Crippen LogP contribution in [0.1, 0.15) is 69.3 Å². The smallest absolute Gasteiger partial charge is 0.0836 e. The summed E-state index contributed by atoms with van der Waals surface area (Å²) in [4.78, 5) is 0. The lowest BCUT2D eigenvalue weighted by atomic mass is 9.98. The van der Waals surface area contributed by atoms with Crippen molar-refractivity contribution in [2.24, 2.45) is 0 Å². The van der Waals surface area contributed by atoms with Crippen LogP contribution < -0.4 is 0 Å². The lowest BCUT2D eigenvalue weighted by Crippen LogP contribution is -1.97. The zero-order valence-electron chi connectivity index (χ0n) is 10.4. The molecule has 1 aliphatic rings. The fourth-order valence-corrected chi connectivity index (χ4v) is 2.56. The van der Waals surface area contributed by atoms with Crippen LogP contribution in [0.2, 0.25) is 0 Å². The van der Waals surface area contributed by atoms with Crippen molar-refractivity contribution in [2.75, 3.05) is 0 Å². The van der Waals surface area contributed by atoms with Gasteiger partial charge in [-0.05, 0) is 24.0 Å². The average molecular weight is 218 g/mol. The molecule has 1 nitrogen and oxygen atoms in total. The molecule has 88 valence electrons. The molecule has 0 amide bonds. The van der Waals surface area contributed by atoms with Gasteiger partial charge in [0.2, 0.25) is 0 Å². The minimum Gasteiger partial charge on any atom is -0.366 e. The van der Waals surface area contributed by atoms with Crippen molar-refractivity contribution in [1.29, 1.82) is 0 Å². The van der Waals surface area contributed by atoms with Crippen LogP contribution in [-0.4, -0.2) is 0 Å². The van der Waals surface area contributed by atoms with Crippen molar-refractivity contribution in [3.63, 3.8) is 0 Å². The van der Waals surface area contributed by atoms with Gasteiger partial charge in [0.25, 0.3) is 0 Å². The largest absolute Gasteiger partial charge is 0.366 e. The van der Waals surface area contributed by atoms with Gasteiger partial charge < -0.3 is 4.74 Å². The molecule has 0 fully saturated rings. The Labute approximate surface area is 98.8 Å². The van der Waals surface area contributed by atoms with Gasteiger partial charge >= 0.3 is 0 Å². The van der Waals surface area contributed by atoms with E-state index in [1.165, 1.54) is 36.8 Å². The van der Waals surface area contributed by atoms with Crippen molar-refractivity contribution in [1.82, 2.24) is 0 Å². The van der Waals surface area contributed by atoms with Gasteiger partial charge in [-0.15, -0.1) is 0 Å². The van der Waals surface area contributed by atoms with Crippen LogP contribution in [0.15, 0.2) is 24.3 Å². The molecule has 1 aromatic carbocycles. The maximum atomic E-state index is 6.13. The minimum atomic E-state index is 0.336. The van der Waals surface area contributed by atoms with E-state index in [0.29, 0.717) is 12.2 Å². The molecular weight excluding hydrogens is 196 g/mol. The molecule has 1 aliphatic heterocycles. The summed E-state index contributed by atoms with van der Waals surface area (Å²) in [6, 6.07) is 8.72. The molecule has 0 N–H and O–H groups in total. The van der Waals surface area contributed by atoms with Gasteiger partial charge in [-0.25, -0.2) is 0 Å². The summed E-state index contributed by atoms with van der Waals surface area (Å²) in [6.07, 6.45) is 6.84. The lowest BCUT2D eigenvalue weighted by molar-refractivity contribution is 0.00370. The fraction of sp³-hybridized carbons (Fsp3) is 0.600. The van der Waals surface area contributed by atoms with E-state index in [1.807, 2.05) is 0 Å². The Morgan fingerprint density at radius 2 is 1.69 bits per heavy atom. The molecule has 1 heteroatoms. The van der Waals surface area contributed by atoms with E-state index in [9.17, 15) is 0 Å². The second kappa shape index (κ2) is 5.49. The summed E-state index contributed by atoms with van der Waals surface area (Å²) in [6.45, 7) is 4.45. The highest BCUT2D eigenvalue weighted by Gasteiger charge is 2.29. The number of fused-ring (bicyclic) bond motifs is 1. The molecule has 0 aliphatic carbocycles. The first kappa shape index (κ1) is 11.7. The van der Waals surface area contributed by atoms with Crippen LogP contribution in [0.5, 0.6) is 0 Å². The summed E-state index contributed by atoms with van der Waals surface area (Å²) < 4.78 is 6.13. The van der Waals surface area contributed by atoms with Crippen molar-refractivity contribution in [2.45, 2.75) is 58.2 Å². The van der Waals surface area contributed by atoms with Crippen LogP contribution in [0.3, 0.4) is 0 Å². The van der Waals surface area contributed by atoms with Gasteiger partial charge in [0.05, 0.1) is 12.2 Å². The third kappa shape index (κ3) is 2.30. The maximum Gasteiger partial charge on any atom is 0.0836 e. The van der Waals surface area contributed by atoms with E-state index < -0.39 is 0 Å². The summed E-state index contributed by atoms with van der Waals surface area (Å²) in [5.41, 5.74) is 2.86. The van der Waals surface area contributed by atoms with Gasteiger partial charge in [0.15, 0.2) is 0 Å². The molecule has 0 radical (unpaired) electrons. The molecule has 0 spiro atoms. The SMILES string of the molecule is CCCCC[C@@H]1O[C@H](CC)c2ccccc21. The molecular formula is C15H22O. The van der Waals surface area contributed by atoms with E-state index in [0.717, 1.165) is 6.42 Å². The van der Waals surface area contributed by atoms with Crippen molar-refractivity contribution in [3.8, 4) is 0 Å². The number of hydrogen-bond acceptors (Lipinski definition) is 1. The zero-order chi connectivity index (χ0) is 11.4. The maximum absolute atomic E-state index is 6.13. The zero-order valence-corrected chi connectivity index (χ0v) is 10.4. The summed E-state index contributed by atoms with van der Waals surface area (Å²) >= 11 is 0. The quantitative estimate of drug-likeness (QED) is 0.646. The molecule has 2 rings (SSSR count). The molecule has 0 aromatic heterocycles. The minimum absolute atomic E-state index is 0.336. The predicted octanol–water partition coefficient (Wildman–Crippen LogP) is 4.79. The highest BCUT2D eigenvalue weighted by atomic mass is 16.5. The molecule has 16 heavy (non-hydrogen) atoms. The number of unbranched alkanes of at least 4 members (excludes halogenated alkanes) is 2. The number of ether oxygens (including phenoxy) is 1. The standard InChI is InChI=1S/C15H22O/c1-3-5-6-11-15-13-10-8-7-9-12(13)14(4-2)16-15/h7-10,14-15H,3-6,11H2,1-2H3/t14-,15+/m1/s1. The van der Waals surface area contributed by atoms with Gasteiger partial charge in [-0.1, -0.05) is 57.4 Å². The highest BCUT2D eigenvalue weighted by molar-refractivity contribution is 5.34. The van der Waals surface area contributed by atoms with Crippen LogP contribution in [0.25, 0.3) is 0 Å². The van der Waals surface area contributed by atoms with Gasteiger partial charge in [0.1, 0.15) is 0 Å². The van der Waals surface area contributed by atoms with E-state index in [1.54, 1.807) is 0 Å². The first-order valence-electron chi connectivity index (χ1n) is 6.61. The van der Waals surface area contributed by atoms with Crippen LogP contribution >= 0.6 is 0 Å². The van der Waals surface area contributed by atoms with Crippen LogP contribution in [0.4, 0.5) is 0 Å². The van der Waals surface area contributed by atoms with Crippen LogP contribution in [0, 0.1) is 0 Å². The molecule has 0 saturated carbocycles. The predicted molar refractivity (Wildman–Crippen MR) is 67.4 cm³/mol. The lowest BCUT2D eigenvalue weighted by Gasteiger charge is -2.12. The fourth-order valence-electron chi connectivity index (χ4n) is 2.56. The van der Waals surface area contributed by atoms with Crippen molar-refractivity contribution in [3.05, 3.63) is 35.4 Å². The second-order valence-corrected chi connectivity index (χ2v) is 4.65. The number of rotatable bonds is 5. The second-order valence-electron chi connectivity index (χ2n) is 4.65. The summed E-state index contributed by atoms with van der Waals surface area (Å²) in [5, 5.41) is 0. The Morgan fingerprint density at radius 3 is 2.31 bits per heavy atom. The number of benzene rings is 1. The Morgan fingerprint density at radius 1 is 1.00 bits per heavy atom. The Hall–Kier alpha value is -0.820. The monoisotopic (exact) mass is 218 g/mol. The average Bonchev–Trinajstić information content (AvgIpc) is 2.68. The van der Waals surface area contributed by atoms with Gasteiger partial charge in [-0.3, -0.25) is 0 Å².